The number of rotatable bonds is 5. The van der Waals surface area contributed by atoms with E-state index in [0.717, 1.165) is 32.9 Å². The number of thiophene rings is 1. The Morgan fingerprint density at radius 3 is 2.31 bits per heavy atom. The minimum absolute atomic E-state index is 0.634. The van der Waals surface area contributed by atoms with Crippen molar-refractivity contribution in [3.63, 3.8) is 0 Å². The molecule has 0 aliphatic heterocycles. The molecule has 3 aromatic heterocycles. The summed E-state index contributed by atoms with van der Waals surface area (Å²) in [5, 5.41) is 6.75. The zero-order valence-corrected chi connectivity index (χ0v) is 16.4. The van der Waals surface area contributed by atoms with Gasteiger partial charge in [-0.2, -0.15) is 0 Å². The van der Waals surface area contributed by atoms with Gasteiger partial charge >= 0.3 is 0 Å². The molecule has 0 saturated heterocycles. The molecule has 0 fully saturated rings. The Bertz CT molecular complexity index is 1240. The zero-order valence-electron chi connectivity index (χ0n) is 15.6. The van der Waals surface area contributed by atoms with Crippen LogP contribution < -0.4 is 5.32 Å². The van der Waals surface area contributed by atoms with E-state index in [1.54, 1.807) is 17.5 Å². The molecule has 5 heteroatoms. The maximum atomic E-state index is 4.87. The Labute approximate surface area is 172 Å². The van der Waals surface area contributed by atoms with Crippen molar-refractivity contribution in [2.24, 2.45) is 0 Å². The number of anilines is 1. The average molecular weight is 395 g/mol. The van der Waals surface area contributed by atoms with E-state index < -0.39 is 0 Å². The molecule has 0 amide bonds. The van der Waals surface area contributed by atoms with Crippen molar-refractivity contribution in [2.75, 3.05) is 5.32 Å². The van der Waals surface area contributed by atoms with Gasteiger partial charge in [-0.3, -0.25) is 4.98 Å². The molecule has 29 heavy (non-hydrogen) atoms. The van der Waals surface area contributed by atoms with Gasteiger partial charge in [0.15, 0.2) is 5.82 Å². The fourth-order valence-electron chi connectivity index (χ4n) is 3.29. The van der Waals surface area contributed by atoms with Crippen molar-refractivity contribution in [2.45, 2.75) is 6.54 Å². The van der Waals surface area contributed by atoms with E-state index >= 15 is 0 Å². The number of benzene rings is 2. The molecule has 0 atom stereocenters. The summed E-state index contributed by atoms with van der Waals surface area (Å²) in [6.07, 6.45) is 1.77. The Kier molecular flexibility index (Phi) is 4.72. The third-order valence-electron chi connectivity index (χ3n) is 4.72. The van der Waals surface area contributed by atoms with E-state index in [1.165, 1.54) is 5.56 Å². The summed E-state index contributed by atoms with van der Waals surface area (Å²) in [4.78, 5) is 15.1. The monoisotopic (exact) mass is 394 g/mol. The molecule has 5 rings (SSSR count). The van der Waals surface area contributed by atoms with E-state index in [1.807, 2.05) is 42.5 Å². The van der Waals surface area contributed by atoms with Gasteiger partial charge in [-0.15, -0.1) is 11.3 Å². The SMILES string of the molecule is c1ccc(CNc2nc(-c3ccccn3)nc3scc(-c4ccccc4)c23)cc1. The van der Waals surface area contributed by atoms with Crippen molar-refractivity contribution in [1.29, 1.82) is 0 Å². The van der Waals surface area contributed by atoms with Gasteiger partial charge in [0.05, 0.1) is 5.39 Å². The van der Waals surface area contributed by atoms with Gasteiger partial charge in [-0.05, 0) is 23.3 Å². The number of nitrogens with one attached hydrogen (secondary N) is 1. The molecule has 0 radical (unpaired) electrons. The highest BCUT2D eigenvalue weighted by Gasteiger charge is 2.16. The molecule has 4 nitrogen and oxygen atoms in total. The summed E-state index contributed by atoms with van der Waals surface area (Å²) < 4.78 is 0. The van der Waals surface area contributed by atoms with Crippen molar-refractivity contribution in [1.82, 2.24) is 15.0 Å². The van der Waals surface area contributed by atoms with Crippen LogP contribution in [0.2, 0.25) is 0 Å². The maximum absolute atomic E-state index is 4.87. The van der Waals surface area contributed by atoms with Crippen molar-refractivity contribution in [3.8, 4) is 22.6 Å². The normalized spacial score (nSPS) is 10.9. The minimum Gasteiger partial charge on any atom is -0.365 e. The molecule has 5 aromatic rings. The van der Waals surface area contributed by atoms with E-state index in [4.69, 9.17) is 9.97 Å². The number of fused-ring (bicyclic) bond motifs is 1. The van der Waals surface area contributed by atoms with Gasteiger partial charge in [0.25, 0.3) is 0 Å². The van der Waals surface area contributed by atoms with E-state index in [2.05, 4.69) is 52.1 Å². The largest absolute Gasteiger partial charge is 0.365 e. The second-order valence-electron chi connectivity index (χ2n) is 6.65. The van der Waals surface area contributed by atoms with Crippen LogP contribution in [0.1, 0.15) is 5.56 Å². The first-order chi connectivity index (χ1) is 14.4. The van der Waals surface area contributed by atoms with Crippen LogP contribution in [0.3, 0.4) is 0 Å². The average Bonchev–Trinajstić information content (AvgIpc) is 3.24. The highest BCUT2D eigenvalue weighted by molar-refractivity contribution is 7.17. The van der Waals surface area contributed by atoms with Crippen molar-refractivity contribution in [3.05, 3.63) is 96.0 Å². The maximum Gasteiger partial charge on any atom is 0.181 e. The van der Waals surface area contributed by atoms with E-state index in [0.29, 0.717) is 12.4 Å². The molecule has 140 valence electrons. The number of nitrogens with zero attached hydrogens (tertiary/aromatic N) is 3. The highest BCUT2D eigenvalue weighted by Crippen LogP contribution is 2.38. The molecular weight excluding hydrogens is 376 g/mol. The molecule has 0 aliphatic rings. The molecule has 3 heterocycles. The summed E-state index contributed by atoms with van der Waals surface area (Å²) in [5.74, 6) is 1.47. The summed E-state index contributed by atoms with van der Waals surface area (Å²) in [7, 11) is 0. The smallest absolute Gasteiger partial charge is 0.181 e. The van der Waals surface area contributed by atoms with Crippen LogP contribution in [-0.4, -0.2) is 15.0 Å². The first-order valence-corrected chi connectivity index (χ1v) is 10.3. The van der Waals surface area contributed by atoms with Crippen LogP contribution in [0.4, 0.5) is 5.82 Å². The van der Waals surface area contributed by atoms with Crippen LogP contribution >= 0.6 is 11.3 Å². The molecule has 0 saturated carbocycles. The predicted octanol–water partition coefficient (Wildman–Crippen LogP) is 6.03. The van der Waals surface area contributed by atoms with Gasteiger partial charge in [-0.25, -0.2) is 9.97 Å². The van der Waals surface area contributed by atoms with Gasteiger partial charge < -0.3 is 5.32 Å². The van der Waals surface area contributed by atoms with Crippen molar-refractivity contribution >= 4 is 27.4 Å². The zero-order chi connectivity index (χ0) is 19.5. The van der Waals surface area contributed by atoms with Crippen LogP contribution in [0, 0.1) is 0 Å². The Hall–Kier alpha value is -3.57. The first kappa shape index (κ1) is 17.5. The summed E-state index contributed by atoms with van der Waals surface area (Å²) in [5.41, 5.74) is 4.28. The van der Waals surface area contributed by atoms with Crippen molar-refractivity contribution < 1.29 is 0 Å². The first-order valence-electron chi connectivity index (χ1n) is 9.42. The second kappa shape index (κ2) is 7.81. The molecule has 0 bridgehead atoms. The standard InChI is InChI=1S/C24H18N4S/c1-3-9-17(10-4-1)15-26-23-21-19(18-11-5-2-6-12-18)16-29-24(21)28-22(27-23)20-13-7-8-14-25-20/h1-14,16H,15H2,(H,26,27,28). The van der Waals surface area contributed by atoms with Gasteiger partial charge in [0.1, 0.15) is 16.3 Å². The third kappa shape index (κ3) is 3.60. The van der Waals surface area contributed by atoms with Gasteiger partial charge in [0, 0.05) is 23.7 Å². The van der Waals surface area contributed by atoms with E-state index in [9.17, 15) is 0 Å². The van der Waals surface area contributed by atoms with Gasteiger partial charge in [0.2, 0.25) is 0 Å². The highest BCUT2D eigenvalue weighted by atomic mass is 32.1. The summed E-state index contributed by atoms with van der Waals surface area (Å²) >= 11 is 1.63. The lowest BCUT2D eigenvalue weighted by molar-refractivity contribution is 1.10. The molecule has 2 aromatic carbocycles. The molecular formula is C24H18N4S. The fourth-order valence-corrected chi connectivity index (χ4v) is 4.24. The lowest BCUT2D eigenvalue weighted by Gasteiger charge is -2.11. The lowest BCUT2D eigenvalue weighted by Crippen LogP contribution is -2.04. The predicted molar refractivity (Wildman–Crippen MR) is 120 cm³/mol. The van der Waals surface area contributed by atoms with Gasteiger partial charge in [-0.1, -0.05) is 66.7 Å². The molecule has 0 spiro atoms. The molecule has 0 aliphatic carbocycles. The number of hydrogen-bond acceptors (Lipinski definition) is 5. The van der Waals surface area contributed by atoms with E-state index in [-0.39, 0.29) is 0 Å². The molecule has 0 unspecified atom stereocenters. The fraction of sp³-hybridized carbons (Fsp3) is 0.0417. The number of hydrogen-bond donors (Lipinski definition) is 1. The van der Waals surface area contributed by atoms with Crippen LogP contribution in [0.5, 0.6) is 0 Å². The minimum atomic E-state index is 0.634. The lowest BCUT2D eigenvalue weighted by atomic mass is 10.1. The number of aromatic nitrogens is 3. The third-order valence-corrected chi connectivity index (χ3v) is 5.59. The molecule has 1 N–H and O–H groups in total. The topological polar surface area (TPSA) is 50.7 Å². The Morgan fingerprint density at radius 2 is 1.55 bits per heavy atom. The summed E-state index contributed by atoms with van der Waals surface area (Å²) in [6.45, 7) is 0.693. The second-order valence-corrected chi connectivity index (χ2v) is 7.50. The quantitative estimate of drug-likeness (QED) is 0.395. The van der Waals surface area contributed by atoms with Crippen LogP contribution in [-0.2, 0) is 6.54 Å². The summed E-state index contributed by atoms with van der Waals surface area (Å²) in [6, 6.07) is 26.5. The van der Waals surface area contributed by atoms with Crippen LogP contribution in [0.25, 0.3) is 32.9 Å². The van der Waals surface area contributed by atoms with Crippen LogP contribution in [0.15, 0.2) is 90.4 Å². The number of pyridine rings is 1. The Morgan fingerprint density at radius 1 is 0.793 bits per heavy atom. The Balaban J connectivity index is 1.64.